The molecular formula is C15H21NO5. The van der Waals surface area contributed by atoms with Crippen LogP contribution in [0.25, 0.3) is 0 Å². The summed E-state index contributed by atoms with van der Waals surface area (Å²) < 4.78 is 5.26. The number of phenols is 1. The monoisotopic (exact) mass is 295 g/mol. The summed E-state index contributed by atoms with van der Waals surface area (Å²) in [5.41, 5.74) is 0.382. The van der Waals surface area contributed by atoms with E-state index in [0.29, 0.717) is 12.2 Å². The summed E-state index contributed by atoms with van der Waals surface area (Å²) in [6.07, 6.45) is 0. The summed E-state index contributed by atoms with van der Waals surface area (Å²) in [4.78, 5) is 24.7. The SMILES string of the molecule is CCOc1cc(C(C(=O)O)N(C(C)=O)C(C)C)ccc1O. The second kappa shape index (κ2) is 6.97. The van der Waals surface area contributed by atoms with Crippen molar-refractivity contribution in [3.8, 4) is 11.5 Å². The average Bonchev–Trinajstić information content (AvgIpc) is 2.37. The lowest BCUT2D eigenvalue weighted by molar-refractivity contribution is -0.151. The van der Waals surface area contributed by atoms with Gasteiger partial charge in [-0.2, -0.15) is 0 Å². The van der Waals surface area contributed by atoms with E-state index in [9.17, 15) is 19.8 Å². The lowest BCUT2D eigenvalue weighted by Crippen LogP contribution is -2.42. The number of carbonyl (C=O) groups is 2. The number of aliphatic carboxylic acids is 1. The van der Waals surface area contributed by atoms with Gasteiger partial charge in [-0.05, 0) is 38.5 Å². The van der Waals surface area contributed by atoms with Gasteiger partial charge in [0.15, 0.2) is 17.5 Å². The lowest BCUT2D eigenvalue weighted by atomic mass is 10.0. The van der Waals surface area contributed by atoms with E-state index in [4.69, 9.17) is 4.74 Å². The minimum Gasteiger partial charge on any atom is -0.504 e. The van der Waals surface area contributed by atoms with Crippen LogP contribution in [0.15, 0.2) is 18.2 Å². The number of phenolic OH excluding ortho intramolecular Hbond substituents is 1. The molecule has 1 atom stereocenters. The highest BCUT2D eigenvalue weighted by molar-refractivity contribution is 5.83. The molecule has 0 fully saturated rings. The Labute approximate surface area is 124 Å². The van der Waals surface area contributed by atoms with E-state index >= 15 is 0 Å². The molecule has 0 saturated carbocycles. The fourth-order valence-corrected chi connectivity index (χ4v) is 2.24. The van der Waals surface area contributed by atoms with Crippen LogP contribution in [0, 0.1) is 0 Å². The molecule has 0 saturated heterocycles. The van der Waals surface area contributed by atoms with Crippen LogP contribution in [0.2, 0.25) is 0 Å². The van der Waals surface area contributed by atoms with E-state index in [1.54, 1.807) is 20.8 Å². The van der Waals surface area contributed by atoms with Crippen LogP contribution in [-0.4, -0.2) is 39.6 Å². The van der Waals surface area contributed by atoms with Gasteiger partial charge in [-0.25, -0.2) is 4.79 Å². The van der Waals surface area contributed by atoms with E-state index in [2.05, 4.69) is 0 Å². The standard InChI is InChI=1S/C15H21NO5/c1-5-21-13-8-11(6-7-12(13)18)14(15(19)20)16(9(2)3)10(4)17/h6-9,14,18H,5H2,1-4H3,(H,19,20). The molecule has 0 aliphatic carbocycles. The van der Waals surface area contributed by atoms with Crippen molar-refractivity contribution in [3.05, 3.63) is 23.8 Å². The zero-order chi connectivity index (χ0) is 16.2. The number of hydrogen-bond acceptors (Lipinski definition) is 4. The Morgan fingerprint density at radius 2 is 1.95 bits per heavy atom. The molecular weight excluding hydrogens is 274 g/mol. The topological polar surface area (TPSA) is 87.1 Å². The molecule has 1 amide bonds. The molecule has 0 aliphatic rings. The Morgan fingerprint density at radius 1 is 1.33 bits per heavy atom. The third-order valence-electron chi connectivity index (χ3n) is 3.03. The van der Waals surface area contributed by atoms with Crippen LogP contribution in [0.3, 0.4) is 0 Å². The minimum atomic E-state index is -1.13. The van der Waals surface area contributed by atoms with Crippen LogP contribution < -0.4 is 4.74 Å². The summed E-state index contributed by atoms with van der Waals surface area (Å²) >= 11 is 0. The van der Waals surface area contributed by atoms with Crippen molar-refractivity contribution in [2.24, 2.45) is 0 Å². The van der Waals surface area contributed by atoms with E-state index in [1.165, 1.54) is 30.0 Å². The second-order valence-corrected chi connectivity index (χ2v) is 4.92. The van der Waals surface area contributed by atoms with Crippen LogP contribution in [-0.2, 0) is 9.59 Å². The van der Waals surface area contributed by atoms with E-state index < -0.39 is 12.0 Å². The summed E-state index contributed by atoms with van der Waals surface area (Å²) in [6, 6.07) is 2.91. The molecule has 0 spiro atoms. The van der Waals surface area contributed by atoms with Gasteiger partial charge in [0.2, 0.25) is 5.91 Å². The first-order chi connectivity index (χ1) is 9.79. The maximum Gasteiger partial charge on any atom is 0.331 e. The maximum atomic E-state index is 11.8. The number of carboxylic acids is 1. The van der Waals surface area contributed by atoms with E-state index in [0.717, 1.165) is 0 Å². The van der Waals surface area contributed by atoms with Gasteiger partial charge < -0.3 is 19.8 Å². The predicted molar refractivity (Wildman–Crippen MR) is 77.3 cm³/mol. The van der Waals surface area contributed by atoms with Gasteiger partial charge in [-0.3, -0.25) is 4.79 Å². The van der Waals surface area contributed by atoms with Gasteiger partial charge >= 0.3 is 5.97 Å². The smallest absolute Gasteiger partial charge is 0.331 e. The number of carbonyl (C=O) groups excluding carboxylic acids is 1. The molecule has 1 aromatic carbocycles. The molecule has 0 heterocycles. The van der Waals surface area contributed by atoms with Crippen LogP contribution in [0.4, 0.5) is 0 Å². The van der Waals surface area contributed by atoms with Crippen molar-refractivity contribution in [1.29, 1.82) is 0 Å². The van der Waals surface area contributed by atoms with Gasteiger partial charge in [-0.1, -0.05) is 6.07 Å². The Bertz CT molecular complexity index is 527. The molecule has 0 bridgehead atoms. The molecule has 21 heavy (non-hydrogen) atoms. The van der Waals surface area contributed by atoms with Crippen LogP contribution in [0.5, 0.6) is 11.5 Å². The highest BCUT2D eigenvalue weighted by atomic mass is 16.5. The first-order valence-electron chi connectivity index (χ1n) is 6.77. The number of amides is 1. The highest BCUT2D eigenvalue weighted by Crippen LogP contribution is 2.32. The number of nitrogens with zero attached hydrogens (tertiary/aromatic N) is 1. The van der Waals surface area contributed by atoms with Crippen molar-refractivity contribution in [2.75, 3.05) is 6.61 Å². The molecule has 1 unspecified atom stereocenters. The zero-order valence-corrected chi connectivity index (χ0v) is 12.7. The first-order valence-corrected chi connectivity index (χ1v) is 6.77. The first kappa shape index (κ1) is 16.8. The molecule has 1 aromatic rings. The normalized spacial score (nSPS) is 12.0. The number of ether oxygens (including phenoxy) is 1. The van der Waals surface area contributed by atoms with Crippen LogP contribution in [0.1, 0.15) is 39.3 Å². The molecule has 6 nitrogen and oxygen atoms in total. The molecule has 0 radical (unpaired) electrons. The van der Waals surface area contributed by atoms with Crippen molar-refractivity contribution in [3.63, 3.8) is 0 Å². The Hall–Kier alpha value is -2.24. The fourth-order valence-electron chi connectivity index (χ4n) is 2.24. The number of benzene rings is 1. The van der Waals surface area contributed by atoms with Gasteiger partial charge in [0.1, 0.15) is 0 Å². The summed E-state index contributed by atoms with van der Waals surface area (Å²) in [5.74, 6) is -1.33. The minimum absolute atomic E-state index is 0.0661. The fraction of sp³-hybridized carbons (Fsp3) is 0.467. The Kier molecular flexibility index (Phi) is 5.58. The van der Waals surface area contributed by atoms with Gasteiger partial charge in [0, 0.05) is 13.0 Å². The second-order valence-electron chi connectivity index (χ2n) is 4.92. The number of aromatic hydroxyl groups is 1. The number of carboxylic acid groups (broad SMARTS) is 1. The quantitative estimate of drug-likeness (QED) is 0.840. The number of rotatable bonds is 6. The summed E-state index contributed by atoms with van der Waals surface area (Å²) in [7, 11) is 0. The molecule has 6 heteroatoms. The average molecular weight is 295 g/mol. The van der Waals surface area contributed by atoms with Crippen molar-refractivity contribution in [2.45, 2.75) is 39.8 Å². The van der Waals surface area contributed by atoms with Crippen LogP contribution >= 0.6 is 0 Å². The molecule has 0 aliphatic heterocycles. The van der Waals surface area contributed by atoms with Gasteiger partial charge in [0.05, 0.1) is 6.61 Å². The predicted octanol–water partition coefficient (Wildman–Crippen LogP) is 2.17. The molecule has 116 valence electrons. The third kappa shape index (κ3) is 3.87. The van der Waals surface area contributed by atoms with E-state index in [1.807, 2.05) is 0 Å². The molecule has 0 aromatic heterocycles. The lowest BCUT2D eigenvalue weighted by Gasteiger charge is -2.32. The summed E-state index contributed by atoms with van der Waals surface area (Å²) in [5, 5.41) is 19.2. The Balaban J connectivity index is 3.31. The van der Waals surface area contributed by atoms with E-state index in [-0.39, 0.29) is 23.4 Å². The maximum absolute atomic E-state index is 11.8. The Morgan fingerprint density at radius 3 is 2.38 bits per heavy atom. The highest BCUT2D eigenvalue weighted by Gasteiger charge is 2.31. The third-order valence-corrected chi connectivity index (χ3v) is 3.03. The molecule has 2 N–H and O–H groups in total. The van der Waals surface area contributed by atoms with Crippen molar-refractivity contribution < 1.29 is 24.5 Å². The van der Waals surface area contributed by atoms with Crippen molar-refractivity contribution in [1.82, 2.24) is 4.90 Å². The number of hydrogen-bond donors (Lipinski definition) is 2. The van der Waals surface area contributed by atoms with Gasteiger partial charge in [-0.15, -0.1) is 0 Å². The largest absolute Gasteiger partial charge is 0.504 e. The van der Waals surface area contributed by atoms with Crippen molar-refractivity contribution >= 4 is 11.9 Å². The molecule has 1 rings (SSSR count). The zero-order valence-electron chi connectivity index (χ0n) is 12.7. The van der Waals surface area contributed by atoms with Gasteiger partial charge in [0.25, 0.3) is 0 Å². The summed E-state index contributed by atoms with van der Waals surface area (Å²) in [6.45, 7) is 6.94.